The molecule has 1 aromatic rings. The first-order valence-corrected chi connectivity index (χ1v) is 11.5. The molecule has 3 N–H and O–H groups in total. The average molecular weight is 438 g/mol. The minimum Gasteiger partial charge on any atom is -0.488 e. The van der Waals surface area contributed by atoms with Crippen LogP contribution in [0.25, 0.3) is 6.08 Å². The Labute approximate surface area is 188 Å². The van der Waals surface area contributed by atoms with Crippen LogP contribution in [0.5, 0.6) is 5.75 Å². The van der Waals surface area contributed by atoms with Gasteiger partial charge in [0.1, 0.15) is 17.6 Å². The highest BCUT2D eigenvalue weighted by molar-refractivity contribution is 5.92. The van der Waals surface area contributed by atoms with Gasteiger partial charge in [0.25, 0.3) is 0 Å². The molecule has 2 aliphatic heterocycles. The number of carbonyl (C=O) groups excluding carboxylic acids is 3. The Morgan fingerprint density at radius 3 is 2.50 bits per heavy atom. The van der Waals surface area contributed by atoms with E-state index in [1.54, 1.807) is 18.2 Å². The van der Waals surface area contributed by atoms with Crippen LogP contribution in [0.1, 0.15) is 49.7 Å². The minimum atomic E-state index is -0.519. The molecule has 1 aromatic carbocycles. The van der Waals surface area contributed by atoms with Crippen LogP contribution in [-0.4, -0.2) is 49.9 Å². The van der Waals surface area contributed by atoms with Crippen molar-refractivity contribution in [3.05, 3.63) is 47.6 Å². The average Bonchev–Trinajstić information content (AvgIpc) is 3.10. The van der Waals surface area contributed by atoms with Crippen LogP contribution in [0.2, 0.25) is 0 Å². The van der Waals surface area contributed by atoms with Crippen LogP contribution < -0.4 is 20.7 Å². The van der Waals surface area contributed by atoms with E-state index in [1.807, 2.05) is 24.3 Å². The largest absolute Gasteiger partial charge is 0.488 e. The molecule has 2 bridgehead atoms. The van der Waals surface area contributed by atoms with E-state index in [0.717, 1.165) is 49.2 Å². The molecule has 4 rings (SSSR count). The Kier molecular flexibility index (Phi) is 7.05. The van der Waals surface area contributed by atoms with Crippen LogP contribution in [0.3, 0.4) is 0 Å². The van der Waals surface area contributed by atoms with E-state index >= 15 is 0 Å². The molecule has 1 spiro atoms. The summed E-state index contributed by atoms with van der Waals surface area (Å²) in [7, 11) is 0. The molecule has 1 aliphatic carbocycles. The van der Waals surface area contributed by atoms with Gasteiger partial charge in [-0.25, -0.2) is 0 Å². The highest BCUT2D eigenvalue weighted by Gasteiger charge is 2.50. The quantitative estimate of drug-likeness (QED) is 0.577. The first kappa shape index (κ1) is 22.3. The van der Waals surface area contributed by atoms with E-state index < -0.39 is 5.41 Å². The maximum absolute atomic E-state index is 12.5. The van der Waals surface area contributed by atoms with Crippen molar-refractivity contribution >= 4 is 23.7 Å². The number of hydrogen-bond acceptors (Lipinski definition) is 5. The lowest BCUT2D eigenvalue weighted by molar-refractivity contribution is -0.123. The Bertz CT molecular complexity index is 939. The number of hydrogen-bond donors (Lipinski definition) is 3. The number of Topliss-reactive ketones (excluding diaryl/α,β-unsaturated/α-hetero) is 1. The Balaban J connectivity index is 1.62. The van der Waals surface area contributed by atoms with Gasteiger partial charge in [-0.15, -0.1) is 0 Å². The van der Waals surface area contributed by atoms with Crippen LogP contribution in [-0.2, 0) is 19.8 Å². The molecule has 32 heavy (non-hydrogen) atoms. The second-order valence-electron chi connectivity index (χ2n) is 8.70. The molecular weight excluding hydrogens is 406 g/mol. The summed E-state index contributed by atoms with van der Waals surface area (Å²) in [4.78, 5) is 36.7. The van der Waals surface area contributed by atoms with Gasteiger partial charge in [0.15, 0.2) is 0 Å². The van der Waals surface area contributed by atoms with Gasteiger partial charge in [-0.05, 0) is 68.6 Å². The van der Waals surface area contributed by atoms with Crippen LogP contribution in [0, 0.1) is 0 Å². The van der Waals surface area contributed by atoms with Crippen molar-refractivity contribution in [2.24, 2.45) is 0 Å². The van der Waals surface area contributed by atoms with Gasteiger partial charge in [-0.3, -0.25) is 14.4 Å². The fourth-order valence-electron chi connectivity index (χ4n) is 4.66. The molecule has 2 amide bonds. The van der Waals surface area contributed by atoms with Gasteiger partial charge >= 0.3 is 0 Å². The zero-order valence-electron chi connectivity index (χ0n) is 18.3. The normalized spacial score (nSPS) is 29.1. The van der Waals surface area contributed by atoms with E-state index in [9.17, 15) is 14.4 Å². The van der Waals surface area contributed by atoms with Crippen LogP contribution in [0.4, 0.5) is 0 Å². The van der Waals surface area contributed by atoms with Gasteiger partial charge in [0, 0.05) is 37.6 Å². The summed E-state index contributed by atoms with van der Waals surface area (Å²) in [5.41, 5.74) is 1.34. The van der Waals surface area contributed by atoms with E-state index in [-0.39, 0.29) is 23.7 Å². The van der Waals surface area contributed by atoms with Gasteiger partial charge in [-0.1, -0.05) is 12.1 Å². The smallest absolute Gasteiger partial charge is 0.243 e. The van der Waals surface area contributed by atoms with Crippen molar-refractivity contribution in [2.45, 2.75) is 50.0 Å². The number of benzene rings is 1. The predicted molar refractivity (Wildman–Crippen MR) is 122 cm³/mol. The molecule has 1 fully saturated rings. The third kappa shape index (κ3) is 5.10. The Hall–Kier alpha value is -2.93. The molecular formula is C25H31N3O4. The molecule has 170 valence electrons. The molecule has 0 saturated heterocycles. The molecule has 0 radical (unpaired) electrons. The van der Waals surface area contributed by atoms with Gasteiger partial charge in [0.05, 0.1) is 5.41 Å². The van der Waals surface area contributed by atoms with Gasteiger partial charge in [0.2, 0.25) is 11.8 Å². The third-order valence-corrected chi connectivity index (χ3v) is 6.45. The summed E-state index contributed by atoms with van der Waals surface area (Å²) >= 11 is 0. The van der Waals surface area contributed by atoms with Crippen molar-refractivity contribution in [1.82, 2.24) is 16.0 Å². The summed E-state index contributed by atoms with van der Waals surface area (Å²) in [5, 5.41) is 9.23. The van der Waals surface area contributed by atoms with E-state index in [4.69, 9.17) is 4.74 Å². The maximum Gasteiger partial charge on any atom is 0.243 e. The Morgan fingerprint density at radius 2 is 1.62 bits per heavy atom. The van der Waals surface area contributed by atoms with Crippen LogP contribution >= 0.6 is 0 Å². The molecule has 2 heterocycles. The second-order valence-corrected chi connectivity index (χ2v) is 8.70. The fourth-order valence-corrected chi connectivity index (χ4v) is 4.66. The fraction of sp³-hybridized carbons (Fsp3) is 0.480. The van der Waals surface area contributed by atoms with E-state index in [2.05, 4.69) is 16.0 Å². The zero-order valence-corrected chi connectivity index (χ0v) is 18.3. The highest BCUT2D eigenvalue weighted by Crippen LogP contribution is 2.51. The number of ether oxygens (including phenoxy) is 1. The van der Waals surface area contributed by atoms with Crippen LogP contribution in [0.15, 0.2) is 36.4 Å². The van der Waals surface area contributed by atoms with Crippen molar-refractivity contribution in [3.8, 4) is 5.75 Å². The third-order valence-electron chi connectivity index (χ3n) is 6.45. The monoisotopic (exact) mass is 437 g/mol. The molecule has 3 aliphatic rings. The molecule has 7 heteroatoms. The maximum atomic E-state index is 12.5. The summed E-state index contributed by atoms with van der Waals surface area (Å²) in [6.45, 7) is 2.96. The van der Waals surface area contributed by atoms with Crippen molar-refractivity contribution in [2.75, 3.05) is 26.2 Å². The molecule has 0 aromatic heterocycles. The zero-order chi connectivity index (χ0) is 22.4. The lowest BCUT2D eigenvalue weighted by atomic mass is 9.68. The summed E-state index contributed by atoms with van der Waals surface area (Å²) in [6.07, 6.45) is 10.7. The van der Waals surface area contributed by atoms with Crippen molar-refractivity contribution < 1.29 is 19.1 Å². The van der Waals surface area contributed by atoms with E-state index in [1.165, 1.54) is 0 Å². The number of amides is 2. The molecule has 1 saturated carbocycles. The SMILES string of the molecule is O=C1CC[C@]23/C=C\C(=O)NCCCNCCCCNC(=O)/C=C\c4ccc(c2c4)O[C@@H]3C1. The topological polar surface area (TPSA) is 96.5 Å². The summed E-state index contributed by atoms with van der Waals surface area (Å²) in [6, 6.07) is 5.81. The highest BCUT2D eigenvalue weighted by atomic mass is 16.5. The lowest BCUT2D eigenvalue weighted by Crippen LogP contribution is -2.42. The predicted octanol–water partition coefficient (Wildman–Crippen LogP) is 2.01. The summed E-state index contributed by atoms with van der Waals surface area (Å²) in [5.74, 6) is 0.675. The standard InChI is InChI=1S/C25H31N3O4/c29-19-8-10-25-11-9-24(31)28-15-3-13-26-12-1-2-14-27-23(30)7-5-18-4-6-21(20(25)16-18)32-22(25)17-19/h4-7,9,11,16,22,26H,1-3,8,10,12-15,17H2,(H,27,30)(H,28,31)/b7-5-,11-9-/t22-,25+/m1/s1. The molecule has 0 unspecified atom stereocenters. The molecule has 7 nitrogen and oxygen atoms in total. The number of nitrogens with one attached hydrogen (secondary N) is 3. The number of carbonyl (C=O) groups is 3. The lowest BCUT2D eigenvalue weighted by Gasteiger charge is -2.35. The van der Waals surface area contributed by atoms with Crippen molar-refractivity contribution in [1.29, 1.82) is 0 Å². The minimum absolute atomic E-state index is 0.114. The first-order chi connectivity index (χ1) is 15.6. The number of rotatable bonds is 0. The summed E-state index contributed by atoms with van der Waals surface area (Å²) < 4.78 is 6.16. The van der Waals surface area contributed by atoms with Crippen molar-refractivity contribution in [3.63, 3.8) is 0 Å². The van der Waals surface area contributed by atoms with Gasteiger partial charge < -0.3 is 20.7 Å². The number of fused-ring (bicyclic) bond motifs is 1. The molecule has 2 atom stereocenters. The Morgan fingerprint density at radius 1 is 0.875 bits per heavy atom. The van der Waals surface area contributed by atoms with Gasteiger partial charge in [-0.2, -0.15) is 0 Å². The number of ketones is 1. The second kappa shape index (κ2) is 10.1. The first-order valence-electron chi connectivity index (χ1n) is 11.5. The van der Waals surface area contributed by atoms with E-state index in [0.29, 0.717) is 32.4 Å².